The first-order valence-corrected chi connectivity index (χ1v) is 10.6. The molecule has 0 aromatic heterocycles. The molecule has 0 spiro atoms. The Kier molecular flexibility index (Phi) is 6.05. The molecule has 1 aromatic rings. The summed E-state index contributed by atoms with van der Waals surface area (Å²) in [4.78, 5) is 11.5. The highest BCUT2D eigenvalue weighted by atomic mass is 16.1. The SMILES string of the molecule is Cc1c(C)c(C)c(CCC2=CCC(C3CCC(=O)CC3)CC2)c(C)c1C. The van der Waals surface area contributed by atoms with E-state index in [4.69, 9.17) is 0 Å². The number of allylic oxidation sites excluding steroid dienone is 2. The molecule has 1 atom stereocenters. The molecule has 0 aliphatic heterocycles. The molecule has 0 amide bonds. The van der Waals surface area contributed by atoms with E-state index in [1.807, 2.05) is 0 Å². The van der Waals surface area contributed by atoms with Gasteiger partial charge in [0.2, 0.25) is 0 Å². The van der Waals surface area contributed by atoms with Gasteiger partial charge in [0.25, 0.3) is 0 Å². The lowest BCUT2D eigenvalue weighted by atomic mass is 9.73. The third-order valence-electron chi connectivity index (χ3n) is 7.65. The Balaban J connectivity index is 1.61. The van der Waals surface area contributed by atoms with Gasteiger partial charge in [0.05, 0.1) is 0 Å². The number of hydrogen-bond donors (Lipinski definition) is 0. The Labute approximate surface area is 160 Å². The first-order chi connectivity index (χ1) is 12.4. The van der Waals surface area contributed by atoms with Crippen LogP contribution >= 0.6 is 0 Å². The molecular formula is C25H36O. The second-order valence-corrected chi connectivity index (χ2v) is 8.88. The molecule has 1 heteroatoms. The lowest BCUT2D eigenvalue weighted by molar-refractivity contribution is -0.121. The summed E-state index contributed by atoms with van der Waals surface area (Å²) >= 11 is 0. The van der Waals surface area contributed by atoms with Crippen LogP contribution in [0.25, 0.3) is 0 Å². The molecule has 1 saturated carbocycles. The quantitative estimate of drug-likeness (QED) is 0.555. The second-order valence-electron chi connectivity index (χ2n) is 8.88. The summed E-state index contributed by atoms with van der Waals surface area (Å²) in [6.45, 7) is 11.4. The maximum Gasteiger partial charge on any atom is 0.132 e. The van der Waals surface area contributed by atoms with Crippen LogP contribution in [0.5, 0.6) is 0 Å². The molecule has 3 rings (SSSR count). The van der Waals surface area contributed by atoms with Crippen molar-refractivity contribution >= 4 is 5.78 Å². The van der Waals surface area contributed by atoms with Gasteiger partial charge in [-0.25, -0.2) is 0 Å². The van der Waals surface area contributed by atoms with Gasteiger partial charge in [-0.2, -0.15) is 0 Å². The minimum atomic E-state index is 0.489. The topological polar surface area (TPSA) is 17.1 Å². The molecule has 0 saturated heterocycles. The van der Waals surface area contributed by atoms with E-state index in [-0.39, 0.29) is 0 Å². The zero-order valence-corrected chi connectivity index (χ0v) is 17.5. The predicted octanol–water partition coefficient (Wildman–Crippen LogP) is 6.65. The highest BCUT2D eigenvalue weighted by Gasteiger charge is 2.27. The zero-order chi connectivity index (χ0) is 18.8. The first kappa shape index (κ1) is 19.4. The van der Waals surface area contributed by atoms with Crippen molar-refractivity contribution in [2.75, 3.05) is 0 Å². The van der Waals surface area contributed by atoms with Gasteiger partial charge in [-0.3, -0.25) is 4.79 Å². The van der Waals surface area contributed by atoms with E-state index in [0.29, 0.717) is 5.78 Å². The van der Waals surface area contributed by atoms with E-state index in [9.17, 15) is 4.79 Å². The van der Waals surface area contributed by atoms with Crippen LogP contribution in [0.1, 0.15) is 84.7 Å². The van der Waals surface area contributed by atoms with E-state index in [2.05, 4.69) is 40.7 Å². The second kappa shape index (κ2) is 8.11. The lowest BCUT2D eigenvalue weighted by Gasteiger charge is -2.32. The minimum absolute atomic E-state index is 0.489. The van der Waals surface area contributed by atoms with Gasteiger partial charge in [-0.15, -0.1) is 0 Å². The normalized spacial score (nSPS) is 21.8. The molecule has 0 heterocycles. The average Bonchev–Trinajstić information content (AvgIpc) is 2.66. The summed E-state index contributed by atoms with van der Waals surface area (Å²) in [7, 11) is 0. The molecule has 1 unspecified atom stereocenters. The average molecular weight is 353 g/mol. The van der Waals surface area contributed by atoms with Crippen LogP contribution in [0, 0.1) is 46.5 Å². The smallest absolute Gasteiger partial charge is 0.132 e. The molecular weight excluding hydrogens is 316 g/mol. The van der Waals surface area contributed by atoms with E-state index in [0.717, 1.165) is 37.5 Å². The van der Waals surface area contributed by atoms with Crippen LogP contribution in [0.4, 0.5) is 0 Å². The van der Waals surface area contributed by atoms with Gasteiger partial charge in [-0.1, -0.05) is 11.6 Å². The van der Waals surface area contributed by atoms with E-state index in [1.54, 1.807) is 11.1 Å². The van der Waals surface area contributed by atoms with Gasteiger partial charge in [0.15, 0.2) is 0 Å². The van der Waals surface area contributed by atoms with Gasteiger partial charge >= 0.3 is 0 Å². The van der Waals surface area contributed by atoms with Crippen molar-refractivity contribution < 1.29 is 4.79 Å². The maximum absolute atomic E-state index is 11.5. The van der Waals surface area contributed by atoms with Crippen molar-refractivity contribution in [3.05, 3.63) is 45.0 Å². The van der Waals surface area contributed by atoms with Crippen LogP contribution in [-0.2, 0) is 11.2 Å². The molecule has 1 fully saturated rings. The van der Waals surface area contributed by atoms with Crippen molar-refractivity contribution in [1.82, 2.24) is 0 Å². The molecule has 2 aliphatic carbocycles. The van der Waals surface area contributed by atoms with Crippen molar-refractivity contribution in [3.8, 4) is 0 Å². The molecule has 0 radical (unpaired) electrons. The summed E-state index contributed by atoms with van der Waals surface area (Å²) in [5.41, 5.74) is 10.7. The number of benzene rings is 1. The standard InChI is InChI=1S/C25H36O/c1-16-17(2)19(4)25(20(5)18(16)3)15-8-21-6-9-22(10-7-21)23-11-13-24(26)14-12-23/h6,22-23H,7-15H2,1-5H3. The highest BCUT2D eigenvalue weighted by molar-refractivity contribution is 5.79. The van der Waals surface area contributed by atoms with Crippen LogP contribution in [-0.4, -0.2) is 5.78 Å². The van der Waals surface area contributed by atoms with Gasteiger partial charge in [0.1, 0.15) is 5.78 Å². The number of carbonyl (C=O) groups excluding carboxylic acids is 1. The number of Topliss-reactive ketones (excluding diaryl/α,β-unsaturated/α-hetero) is 1. The van der Waals surface area contributed by atoms with Crippen LogP contribution in [0.3, 0.4) is 0 Å². The Morgan fingerprint density at radius 1 is 0.731 bits per heavy atom. The fourth-order valence-electron chi connectivity index (χ4n) is 5.24. The minimum Gasteiger partial charge on any atom is -0.300 e. The highest BCUT2D eigenvalue weighted by Crippen LogP contribution is 2.38. The van der Waals surface area contributed by atoms with Crippen LogP contribution < -0.4 is 0 Å². The number of carbonyl (C=O) groups is 1. The van der Waals surface area contributed by atoms with Gasteiger partial charge in [-0.05, 0) is 125 Å². The fourth-order valence-corrected chi connectivity index (χ4v) is 5.24. The Morgan fingerprint density at radius 3 is 1.81 bits per heavy atom. The van der Waals surface area contributed by atoms with Crippen molar-refractivity contribution in [2.45, 2.75) is 92.4 Å². The monoisotopic (exact) mass is 352 g/mol. The summed E-state index contributed by atoms with van der Waals surface area (Å²) in [6.07, 6.45) is 12.8. The summed E-state index contributed by atoms with van der Waals surface area (Å²) in [5, 5.41) is 0. The maximum atomic E-state index is 11.5. The zero-order valence-electron chi connectivity index (χ0n) is 17.5. The third kappa shape index (κ3) is 3.97. The van der Waals surface area contributed by atoms with E-state index >= 15 is 0 Å². The largest absolute Gasteiger partial charge is 0.300 e. The third-order valence-corrected chi connectivity index (χ3v) is 7.65. The number of ketones is 1. The number of hydrogen-bond acceptors (Lipinski definition) is 1. The molecule has 0 N–H and O–H groups in total. The van der Waals surface area contributed by atoms with Crippen molar-refractivity contribution in [2.24, 2.45) is 11.8 Å². The van der Waals surface area contributed by atoms with Crippen LogP contribution in [0.15, 0.2) is 11.6 Å². The Morgan fingerprint density at radius 2 is 1.27 bits per heavy atom. The lowest BCUT2D eigenvalue weighted by Crippen LogP contribution is -2.23. The van der Waals surface area contributed by atoms with Gasteiger partial charge in [0, 0.05) is 12.8 Å². The predicted molar refractivity (Wildman–Crippen MR) is 111 cm³/mol. The van der Waals surface area contributed by atoms with Crippen molar-refractivity contribution in [3.63, 3.8) is 0 Å². The number of rotatable bonds is 4. The molecule has 26 heavy (non-hydrogen) atoms. The van der Waals surface area contributed by atoms with Crippen molar-refractivity contribution in [1.29, 1.82) is 0 Å². The fraction of sp³-hybridized carbons (Fsp3) is 0.640. The molecule has 2 aliphatic rings. The van der Waals surface area contributed by atoms with Crippen LogP contribution in [0.2, 0.25) is 0 Å². The summed E-state index contributed by atoms with van der Waals surface area (Å²) in [5.74, 6) is 2.12. The van der Waals surface area contributed by atoms with E-state index in [1.165, 1.54) is 59.9 Å². The first-order valence-electron chi connectivity index (χ1n) is 10.6. The molecule has 1 nitrogen and oxygen atoms in total. The molecule has 1 aromatic carbocycles. The van der Waals surface area contributed by atoms with Gasteiger partial charge < -0.3 is 0 Å². The summed E-state index contributed by atoms with van der Waals surface area (Å²) < 4.78 is 0. The Hall–Kier alpha value is -1.37. The Bertz CT molecular complexity index is 683. The summed E-state index contributed by atoms with van der Waals surface area (Å²) in [6, 6.07) is 0. The molecule has 142 valence electrons. The molecule has 0 bridgehead atoms. The van der Waals surface area contributed by atoms with E-state index < -0.39 is 0 Å².